The fraction of sp³-hybridized carbons (Fsp3) is 0.333. The highest BCUT2D eigenvalue weighted by atomic mass is 28.3. The highest BCUT2D eigenvalue weighted by Gasteiger charge is 2.18. The van der Waals surface area contributed by atoms with Crippen molar-refractivity contribution in [3.63, 3.8) is 0 Å². The molecule has 92 valence electrons. The monoisotopic (exact) mass is 251 g/mol. The summed E-state index contributed by atoms with van der Waals surface area (Å²) < 4.78 is 5.48. The molecule has 0 aliphatic heterocycles. The molecule has 1 aromatic carbocycles. The number of hydrogen-bond donors (Lipinski definition) is 0. The minimum absolute atomic E-state index is 0.0191. The number of ether oxygens (including phenoxy) is 1. The zero-order valence-corrected chi connectivity index (χ0v) is 11.2. The van der Waals surface area contributed by atoms with Crippen LogP contribution in [0.15, 0.2) is 36.5 Å². The maximum absolute atomic E-state index is 10.8. The molecular formula is C12H17NO3Si. The Bertz CT molecular complexity index is 418. The first-order valence-corrected chi connectivity index (χ1v) is 8.74. The molecule has 0 fully saturated rings. The summed E-state index contributed by atoms with van der Waals surface area (Å²) in [6, 6.07) is 7.35. The van der Waals surface area contributed by atoms with Gasteiger partial charge in [0.25, 0.3) is 0 Å². The summed E-state index contributed by atoms with van der Waals surface area (Å²) in [4.78, 5) is 10.3. The third-order valence-electron chi connectivity index (χ3n) is 2.62. The average molecular weight is 251 g/mol. The van der Waals surface area contributed by atoms with E-state index in [0.717, 1.165) is 6.04 Å². The van der Waals surface area contributed by atoms with Crippen molar-refractivity contribution < 1.29 is 9.66 Å². The minimum Gasteiger partial charge on any atom is -0.487 e. The van der Waals surface area contributed by atoms with Crippen molar-refractivity contribution in [1.29, 1.82) is 0 Å². The van der Waals surface area contributed by atoms with Gasteiger partial charge in [0.05, 0.1) is 19.6 Å². The summed E-state index contributed by atoms with van der Waals surface area (Å²) in [6.07, 6.45) is 0. The fourth-order valence-electron chi connectivity index (χ4n) is 1.26. The van der Waals surface area contributed by atoms with Gasteiger partial charge < -0.3 is 4.74 Å². The number of rotatable bonds is 6. The lowest BCUT2D eigenvalue weighted by molar-refractivity contribution is -0.385. The van der Waals surface area contributed by atoms with Crippen LogP contribution in [0.25, 0.3) is 0 Å². The molecule has 0 aromatic heterocycles. The van der Waals surface area contributed by atoms with Gasteiger partial charge in [-0.3, -0.25) is 10.1 Å². The lowest BCUT2D eigenvalue weighted by Crippen LogP contribution is -2.24. The lowest BCUT2D eigenvalue weighted by atomic mass is 10.3. The van der Waals surface area contributed by atoms with Crippen molar-refractivity contribution >= 4 is 13.8 Å². The molecule has 0 amide bonds. The van der Waals surface area contributed by atoms with Crippen LogP contribution in [0.2, 0.25) is 19.1 Å². The minimum atomic E-state index is -1.41. The van der Waals surface area contributed by atoms with Gasteiger partial charge in [-0.05, 0) is 12.1 Å². The summed E-state index contributed by atoms with van der Waals surface area (Å²) in [6.45, 7) is 8.66. The highest BCUT2D eigenvalue weighted by Crippen LogP contribution is 2.26. The molecule has 5 heteroatoms. The van der Waals surface area contributed by atoms with Crippen LogP contribution < -0.4 is 4.74 Å². The smallest absolute Gasteiger partial charge is 0.310 e. The third kappa shape index (κ3) is 4.03. The van der Waals surface area contributed by atoms with Gasteiger partial charge in [0.15, 0.2) is 5.75 Å². The second-order valence-corrected chi connectivity index (χ2v) is 9.40. The highest BCUT2D eigenvalue weighted by molar-refractivity contribution is 6.82. The van der Waals surface area contributed by atoms with Crippen LogP contribution in [0, 0.1) is 10.1 Å². The first-order chi connectivity index (χ1) is 7.96. The molecule has 0 radical (unpaired) electrons. The van der Waals surface area contributed by atoms with E-state index in [9.17, 15) is 10.1 Å². The van der Waals surface area contributed by atoms with Gasteiger partial charge in [0.2, 0.25) is 0 Å². The van der Waals surface area contributed by atoms with Crippen molar-refractivity contribution in [3.8, 4) is 5.75 Å². The van der Waals surface area contributed by atoms with Crippen molar-refractivity contribution in [2.45, 2.75) is 19.1 Å². The van der Waals surface area contributed by atoms with Crippen LogP contribution in [-0.4, -0.2) is 19.6 Å². The predicted molar refractivity (Wildman–Crippen MR) is 71.1 cm³/mol. The number of para-hydroxylation sites is 2. The molecule has 0 aliphatic rings. The summed E-state index contributed by atoms with van der Waals surface area (Å²) >= 11 is 0. The standard InChI is InChI=1S/C12H17NO3Si/c1-4-17(2,3)10-9-16-12-8-6-5-7-11(12)13(14)15/h4-8H,1,9-10H2,2-3H3. The third-order valence-corrected chi connectivity index (χ3v) is 5.22. The second-order valence-electron chi connectivity index (χ2n) is 4.52. The van der Waals surface area contributed by atoms with Gasteiger partial charge in [-0.25, -0.2) is 0 Å². The van der Waals surface area contributed by atoms with Gasteiger partial charge >= 0.3 is 5.69 Å². The Morgan fingerprint density at radius 3 is 2.71 bits per heavy atom. The average Bonchev–Trinajstić information content (AvgIpc) is 2.29. The van der Waals surface area contributed by atoms with Crippen LogP contribution in [-0.2, 0) is 0 Å². The Hall–Kier alpha value is -1.62. The van der Waals surface area contributed by atoms with E-state index >= 15 is 0 Å². The Labute approximate surface area is 102 Å². The number of nitro groups is 1. The second kappa shape index (κ2) is 5.63. The zero-order valence-electron chi connectivity index (χ0n) is 10.2. The van der Waals surface area contributed by atoms with Crippen LogP contribution >= 0.6 is 0 Å². The number of benzene rings is 1. The van der Waals surface area contributed by atoms with E-state index in [4.69, 9.17) is 4.74 Å². The van der Waals surface area contributed by atoms with Crippen molar-refractivity contribution in [1.82, 2.24) is 0 Å². The van der Waals surface area contributed by atoms with Gasteiger partial charge in [0.1, 0.15) is 0 Å². The van der Waals surface area contributed by atoms with E-state index in [1.165, 1.54) is 6.07 Å². The molecular weight excluding hydrogens is 234 g/mol. The van der Waals surface area contributed by atoms with E-state index in [0.29, 0.717) is 12.4 Å². The number of nitro benzene ring substituents is 1. The number of nitrogens with zero attached hydrogens (tertiary/aromatic N) is 1. The van der Waals surface area contributed by atoms with E-state index in [1.54, 1.807) is 18.2 Å². The van der Waals surface area contributed by atoms with Crippen molar-refractivity contribution in [2.24, 2.45) is 0 Å². The number of hydrogen-bond acceptors (Lipinski definition) is 3. The normalized spacial score (nSPS) is 10.9. The van der Waals surface area contributed by atoms with Gasteiger partial charge in [-0.1, -0.05) is 25.2 Å². The molecule has 0 heterocycles. The Kier molecular flexibility index (Phi) is 4.45. The Balaban J connectivity index is 2.64. The first kappa shape index (κ1) is 13.4. The van der Waals surface area contributed by atoms with Crippen LogP contribution in [0.3, 0.4) is 0 Å². The summed E-state index contributed by atoms with van der Waals surface area (Å²) in [5.74, 6) is 0.339. The van der Waals surface area contributed by atoms with E-state index in [2.05, 4.69) is 19.7 Å². The van der Waals surface area contributed by atoms with Crippen LogP contribution in [0.1, 0.15) is 0 Å². The molecule has 0 saturated carbocycles. The van der Waals surface area contributed by atoms with E-state index in [-0.39, 0.29) is 5.69 Å². The molecule has 0 bridgehead atoms. The molecule has 1 rings (SSSR count). The molecule has 0 N–H and O–H groups in total. The van der Waals surface area contributed by atoms with E-state index in [1.807, 2.05) is 5.70 Å². The maximum Gasteiger partial charge on any atom is 0.310 e. The maximum atomic E-state index is 10.8. The molecule has 0 saturated heterocycles. The topological polar surface area (TPSA) is 52.4 Å². The summed E-state index contributed by atoms with van der Waals surface area (Å²) in [7, 11) is -1.41. The molecule has 0 aliphatic carbocycles. The quantitative estimate of drug-likeness (QED) is 0.442. The SMILES string of the molecule is C=C[Si](C)(C)CCOc1ccccc1[N+](=O)[O-]. The lowest BCUT2D eigenvalue weighted by Gasteiger charge is -2.17. The molecule has 0 spiro atoms. The van der Waals surface area contributed by atoms with Gasteiger partial charge in [-0.15, -0.1) is 12.3 Å². The van der Waals surface area contributed by atoms with Crippen LogP contribution in [0.4, 0.5) is 5.69 Å². The van der Waals surface area contributed by atoms with Crippen molar-refractivity contribution in [2.75, 3.05) is 6.61 Å². The molecule has 0 unspecified atom stereocenters. The molecule has 17 heavy (non-hydrogen) atoms. The first-order valence-electron chi connectivity index (χ1n) is 5.46. The predicted octanol–water partition coefficient (Wildman–Crippen LogP) is 3.41. The largest absolute Gasteiger partial charge is 0.487 e. The van der Waals surface area contributed by atoms with Crippen molar-refractivity contribution in [3.05, 3.63) is 46.7 Å². The van der Waals surface area contributed by atoms with E-state index < -0.39 is 13.0 Å². The fourth-order valence-corrected chi connectivity index (χ4v) is 2.09. The summed E-state index contributed by atoms with van der Waals surface area (Å²) in [5.41, 5.74) is 2.01. The Morgan fingerprint density at radius 1 is 1.47 bits per heavy atom. The molecule has 0 atom stereocenters. The van der Waals surface area contributed by atoms with Gasteiger partial charge in [0, 0.05) is 6.07 Å². The Morgan fingerprint density at radius 2 is 2.12 bits per heavy atom. The zero-order chi connectivity index (χ0) is 12.9. The molecule has 4 nitrogen and oxygen atoms in total. The molecule has 1 aromatic rings. The van der Waals surface area contributed by atoms with Crippen LogP contribution in [0.5, 0.6) is 5.75 Å². The van der Waals surface area contributed by atoms with Gasteiger partial charge in [-0.2, -0.15) is 0 Å². The summed E-state index contributed by atoms with van der Waals surface area (Å²) in [5, 5.41) is 10.8.